The molecule has 2 rings (SSSR count). The quantitative estimate of drug-likeness (QED) is 0.589. The summed E-state index contributed by atoms with van der Waals surface area (Å²) in [5.41, 5.74) is 0.946. The second-order valence-electron chi connectivity index (χ2n) is 5.01. The number of esters is 1. The molecule has 1 unspecified atom stereocenters. The van der Waals surface area contributed by atoms with Crippen LogP contribution >= 0.6 is 31.9 Å². The molecule has 0 saturated carbocycles. The molecule has 0 fully saturated rings. The predicted octanol–water partition coefficient (Wildman–Crippen LogP) is 4.88. The van der Waals surface area contributed by atoms with Crippen LogP contribution in [0.15, 0.2) is 45.9 Å². The molecule has 1 atom stereocenters. The van der Waals surface area contributed by atoms with E-state index >= 15 is 0 Å². The molecule has 0 saturated heterocycles. The second-order valence-corrected chi connectivity index (χ2v) is 6.78. The molecule has 4 nitrogen and oxygen atoms in total. The van der Waals surface area contributed by atoms with Crippen LogP contribution in [-0.4, -0.2) is 15.5 Å². The summed E-state index contributed by atoms with van der Waals surface area (Å²) in [6, 6.07) is 5.86. The Labute approximate surface area is 147 Å². The fourth-order valence-corrected chi connectivity index (χ4v) is 3.39. The van der Waals surface area contributed by atoms with Crippen LogP contribution in [0.25, 0.3) is 0 Å². The molecule has 1 aromatic carbocycles. The summed E-state index contributed by atoms with van der Waals surface area (Å²) in [4.78, 5) is 16.1. The summed E-state index contributed by atoms with van der Waals surface area (Å²) in [5, 5.41) is 0. The molecule has 0 radical (unpaired) electrons. The Balaban J connectivity index is 2.18. The van der Waals surface area contributed by atoms with Gasteiger partial charge in [-0.1, -0.05) is 51.3 Å². The number of imidazole rings is 1. The lowest BCUT2D eigenvalue weighted by molar-refractivity contribution is -0.150. The van der Waals surface area contributed by atoms with Crippen molar-refractivity contribution >= 4 is 37.8 Å². The van der Waals surface area contributed by atoms with Crippen LogP contribution in [0.1, 0.15) is 37.9 Å². The van der Waals surface area contributed by atoms with E-state index < -0.39 is 0 Å². The zero-order chi connectivity index (χ0) is 15.9. The van der Waals surface area contributed by atoms with Crippen LogP contribution in [0.3, 0.4) is 0 Å². The number of carbonyl (C=O) groups is 1. The highest BCUT2D eigenvalue weighted by Gasteiger charge is 2.20. The zero-order valence-corrected chi connectivity index (χ0v) is 15.5. The number of unbranched alkanes of at least 4 members (excludes halogenated alkanes) is 1. The molecule has 22 heavy (non-hydrogen) atoms. The van der Waals surface area contributed by atoms with Gasteiger partial charge in [0.15, 0.2) is 0 Å². The average molecular weight is 430 g/mol. The lowest BCUT2D eigenvalue weighted by atomic mass is 10.1. The first-order valence-electron chi connectivity index (χ1n) is 7.20. The number of carbonyl (C=O) groups excluding carboxylic acids is 1. The fourth-order valence-electron chi connectivity index (χ4n) is 2.09. The number of aromatic nitrogens is 2. The minimum atomic E-state index is -0.346. The molecule has 0 aliphatic heterocycles. The Kier molecular flexibility index (Phi) is 6.64. The minimum Gasteiger partial charge on any atom is -0.456 e. The van der Waals surface area contributed by atoms with E-state index in [0.717, 1.165) is 27.4 Å². The molecule has 1 heterocycles. The van der Waals surface area contributed by atoms with Gasteiger partial charge < -0.3 is 9.30 Å². The number of hydrogen-bond donors (Lipinski definition) is 0. The number of ether oxygens (including phenoxy) is 1. The Morgan fingerprint density at radius 2 is 2.23 bits per heavy atom. The lowest BCUT2D eigenvalue weighted by Crippen LogP contribution is -2.17. The fraction of sp³-hybridized carbons (Fsp3) is 0.375. The number of halogens is 2. The minimum absolute atomic E-state index is 0.165. The molecule has 6 heteroatoms. The first kappa shape index (κ1) is 17.2. The summed E-state index contributed by atoms with van der Waals surface area (Å²) >= 11 is 6.99. The average Bonchev–Trinajstić information content (AvgIpc) is 2.97. The summed E-state index contributed by atoms with van der Waals surface area (Å²) < 4.78 is 9.49. The van der Waals surface area contributed by atoms with Gasteiger partial charge in [-0.15, -0.1) is 0 Å². The smallest absolute Gasteiger partial charge is 0.306 e. The maximum Gasteiger partial charge on any atom is 0.306 e. The molecule has 0 bridgehead atoms. The van der Waals surface area contributed by atoms with Gasteiger partial charge in [0, 0.05) is 33.3 Å². The third kappa shape index (κ3) is 4.95. The molecule has 0 amide bonds. The highest BCUT2D eigenvalue weighted by atomic mass is 79.9. The normalized spacial score (nSPS) is 12.1. The predicted molar refractivity (Wildman–Crippen MR) is 92.4 cm³/mol. The molecule has 1 aromatic heterocycles. The second kappa shape index (κ2) is 8.48. The third-order valence-corrected chi connectivity index (χ3v) is 4.43. The van der Waals surface area contributed by atoms with E-state index in [-0.39, 0.29) is 12.1 Å². The van der Waals surface area contributed by atoms with E-state index in [9.17, 15) is 4.79 Å². The van der Waals surface area contributed by atoms with Crippen molar-refractivity contribution in [2.75, 3.05) is 0 Å². The molecule has 118 valence electrons. The van der Waals surface area contributed by atoms with Gasteiger partial charge in [0.25, 0.3) is 0 Å². The van der Waals surface area contributed by atoms with Gasteiger partial charge in [-0.2, -0.15) is 0 Å². The Morgan fingerprint density at radius 1 is 1.41 bits per heavy atom. The third-order valence-electron chi connectivity index (χ3n) is 3.25. The molecule has 0 aliphatic rings. The van der Waals surface area contributed by atoms with Crippen LogP contribution in [0.2, 0.25) is 0 Å². The SMILES string of the molecule is CCCCC(=O)OC(Cn1ccnc1)c1ccc(Br)cc1Br. The van der Waals surface area contributed by atoms with Gasteiger partial charge in [0.1, 0.15) is 6.10 Å². The molecule has 0 N–H and O–H groups in total. The van der Waals surface area contributed by atoms with Crippen molar-refractivity contribution < 1.29 is 9.53 Å². The van der Waals surface area contributed by atoms with E-state index in [0.29, 0.717) is 13.0 Å². The Morgan fingerprint density at radius 3 is 2.86 bits per heavy atom. The van der Waals surface area contributed by atoms with Crippen LogP contribution in [0.4, 0.5) is 0 Å². The lowest BCUT2D eigenvalue weighted by Gasteiger charge is -2.20. The van der Waals surface area contributed by atoms with Gasteiger partial charge in [-0.3, -0.25) is 4.79 Å². The summed E-state index contributed by atoms with van der Waals surface area (Å²) in [7, 11) is 0. The number of benzene rings is 1. The summed E-state index contributed by atoms with van der Waals surface area (Å²) in [6.07, 6.45) is 7.22. The van der Waals surface area contributed by atoms with Crippen LogP contribution in [0, 0.1) is 0 Å². The van der Waals surface area contributed by atoms with Crippen molar-refractivity contribution in [3.63, 3.8) is 0 Å². The first-order chi connectivity index (χ1) is 10.6. The van der Waals surface area contributed by atoms with Crippen LogP contribution < -0.4 is 0 Å². The summed E-state index contributed by atoms with van der Waals surface area (Å²) in [5.74, 6) is -0.165. The maximum absolute atomic E-state index is 12.0. The Bertz CT molecular complexity index is 615. The van der Waals surface area contributed by atoms with E-state index in [1.807, 2.05) is 29.0 Å². The molecular weight excluding hydrogens is 412 g/mol. The van der Waals surface area contributed by atoms with Crippen molar-refractivity contribution in [3.8, 4) is 0 Å². The van der Waals surface area contributed by atoms with Crippen molar-refractivity contribution in [2.24, 2.45) is 0 Å². The van der Waals surface area contributed by atoms with Gasteiger partial charge in [-0.25, -0.2) is 4.98 Å². The van der Waals surface area contributed by atoms with E-state index in [1.54, 1.807) is 12.5 Å². The van der Waals surface area contributed by atoms with E-state index in [1.165, 1.54) is 0 Å². The van der Waals surface area contributed by atoms with Gasteiger partial charge in [-0.05, 0) is 18.6 Å². The molecule has 2 aromatic rings. The molecule has 0 spiro atoms. The zero-order valence-electron chi connectivity index (χ0n) is 12.3. The van der Waals surface area contributed by atoms with Crippen LogP contribution in [0.5, 0.6) is 0 Å². The molecular formula is C16H18Br2N2O2. The van der Waals surface area contributed by atoms with Gasteiger partial charge >= 0.3 is 5.97 Å². The standard InChI is InChI=1S/C16H18Br2N2O2/c1-2-3-4-16(21)22-15(10-20-8-7-19-11-20)13-6-5-12(17)9-14(13)18/h5-9,11,15H,2-4,10H2,1H3. The van der Waals surface area contributed by atoms with Gasteiger partial charge in [0.05, 0.1) is 12.9 Å². The number of nitrogens with zero attached hydrogens (tertiary/aromatic N) is 2. The van der Waals surface area contributed by atoms with E-state index in [4.69, 9.17) is 4.74 Å². The first-order valence-corrected chi connectivity index (χ1v) is 8.79. The van der Waals surface area contributed by atoms with Crippen molar-refractivity contribution in [3.05, 3.63) is 51.4 Å². The Hall–Kier alpha value is -1.14. The summed E-state index contributed by atoms with van der Waals surface area (Å²) in [6.45, 7) is 2.60. The maximum atomic E-state index is 12.0. The van der Waals surface area contributed by atoms with Crippen molar-refractivity contribution in [2.45, 2.75) is 38.8 Å². The largest absolute Gasteiger partial charge is 0.456 e. The van der Waals surface area contributed by atoms with Crippen molar-refractivity contribution in [1.29, 1.82) is 0 Å². The molecule has 0 aliphatic carbocycles. The van der Waals surface area contributed by atoms with Crippen molar-refractivity contribution in [1.82, 2.24) is 9.55 Å². The number of hydrogen-bond acceptors (Lipinski definition) is 3. The van der Waals surface area contributed by atoms with Crippen LogP contribution in [-0.2, 0) is 16.1 Å². The number of rotatable bonds is 7. The monoisotopic (exact) mass is 428 g/mol. The van der Waals surface area contributed by atoms with E-state index in [2.05, 4.69) is 43.8 Å². The van der Waals surface area contributed by atoms with Gasteiger partial charge in [0.2, 0.25) is 0 Å². The topological polar surface area (TPSA) is 44.1 Å². The highest BCUT2D eigenvalue weighted by molar-refractivity contribution is 9.11. The highest BCUT2D eigenvalue weighted by Crippen LogP contribution is 2.30.